The van der Waals surface area contributed by atoms with Crippen molar-refractivity contribution in [2.75, 3.05) is 4.90 Å². The van der Waals surface area contributed by atoms with Crippen LogP contribution in [-0.2, 0) is 11.3 Å². The number of thiazole rings is 1. The van der Waals surface area contributed by atoms with Crippen LogP contribution >= 0.6 is 22.9 Å². The molecule has 2 heterocycles. The maximum Gasteiger partial charge on any atom is 0.299 e. The first-order valence-corrected chi connectivity index (χ1v) is 8.55. The number of benzene rings is 2. The van der Waals surface area contributed by atoms with E-state index in [0.717, 1.165) is 16.3 Å². The number of amides is 1. The van der Waals surface area contributed by atoms with Gasteiger partial charge in [0.15, 0.2) is 0 Å². The number of carbonyl (C=O) groups excluding carboxylic acids is 2. The van der Waals surface area contributed by atoms with Crippen molar-refractivity contribution < 1.29 is 9.59 Å². The summed E-state index contributed by atoms with van der Waals surface area (Å²) in [5.41, 5.74) is 2.83. The molecular formula is C18H11ClN2O2S. The third-order valence-electron chi connectivity index (χ3n) is 3.84. The Hall–Kier alpha value is -2.50. The Balaban J connectivity index is 1.62. The summed E-state index contributed by atoms with van der Waals surface area (Å²) in [6.45, 7) is 0.283. The summed E-state index contributed by atoms with van der Waals surface area (Å²) in [7, 11) is 0. The zero-order valence-corrected chi connectivity index (χ0v) is 14.0. The molecular weight excluding hydrogens is 344 g/mol. The Bertz CT molecular complexity index is 950. The van der Waals surface area contributed by atoms with Gasteiger partial charge in [0.2, 0.25) is 0 Å². The molecule has 24 heavy (non-hydrogen) atoms. The molecule has 0 atom stereocenters. The van der Waals surface area contributed by atoms with Gasteiger partial charge in [-0.1, -0.05) is 35.9 Å². The zero-order chi connectivity index (χ0) is 16.7. The van der Waals surface area contributed by atoms with Gasteiger partial charge in [0.05, 0.1) is 23.5 Å². The van der Waals surface area contributed by atoms with Crippen LogP contribution in [0.2, 0.25) is 5.02 Å². The minimum Gasteiger partial charge on any atom is -0.299 e. The Morgan fingerprint density at radius 1 is 1.04 bits per heavy atom. The SMILES string of the molecule is O=C1C(=O)N(Cc2csc(-c3ccc(Cl)cc3)n2)c2ccccc21. The Morgan fingerprint density at radius 2 is 1.79 bits per heavy atom. The molecule has 0 unspecified atom stereocenters. The number of Topliss-reactive ketones (excluding diaryl/α,β-unsaturated/α-hetero) is 1. The number of aromatic nitrogens is 1. The largest absolute Gasteiger partial charge is 0.299 e. The highest BCUT2D eigenvalue weighted by atomic mass is 35.5. The van der Waals surface area contributed by atoms with Gasteiger partial charge in [-0.25, -0.2) is 4.98 Å². The second-order valence-corrected chi connectivity index (χ2v) is 6.68. The maximum absolute atomic E-state index is 12.2. The average molecular weight is 355 g/mol. The monoisotopic (exact) mass is 354 g/mol. The third-order valence-corrected chi connectivity index (χ3v) is 5.03. The van der Waals surface area contributed by atoms with E-state index in [2.05, 4.69) is 4.98 Å². The topological polar surface area (TPSA) is 50.3 Å². The van der Waals surface area contributed by atoms with Crippen LogP contribution in [0.5, 0.6) is 0 Å². The number of hydrogen-bond donors (Lipinski definition) is 0. The van der Waals surface area contributed by atoms with E-state index >= 15 is 0 Å². The van der Waals surface area contributed by atoms with Crippen molar-refractivity contribution in [3.63, 3.8) is 0 Å². The van der Waals surface area contributed by atoms with E-state index < -0.39 is 11.7 Å². The van der Waals surface area contributed by atoms with Crippen molar-refractivity contribution in [3.8, 4) is 10.6 Å². The highest BCUT2D eigenvalue weighted by Gasteiger charge is 2.35. The summed E-state index contributed by atoms with van der Waals surface area (Å²) >= 11 is 7.40. The Labute approximate surface area is 147 Å². The first kappa shape index (κ1) is 15.1. The lowest BCUT2D eigenvalue weighted by Gasteiger charge is -2.14. The fourth-order valence-corrected chi connectivity index (χ4v) is 3.61. The van der Waals surface area contributed by atoms with E-state index in [1.807, 2.05) is 35.7 Å². The number of fused-ring (bicyclic) bond motifs is 1. The lowest BCUT2D eigenvalue weighted by atomic mass is 10.1. The standard InChI is InChI=1S/C18H11ClN2O2S/c19-12-7-5-11(6-8-12)17-20-13(10-24-17)9-21-15-4-2-1-3-14(15)16(22)18(21)23/h1-8,10H,9H2. The van der Waals surface area contributed by atoms with E-state index in [9.17, 15) is 9.59 Å². The Morgan fingerprint density at radius 3 is 2.58 bits per heavy atom. The minimum atomic E-state index is -0.503. The van der Waals surface area contributed by atoms with E-state index in [0.29, 0.717) is 16.3 Å². The van der Waals surface area contributed by atoms with Crippen LogP contribution in [0.15, 0.2) is 53.9 Å². The number of anilines is 1. The fourth-order valence-electron chi connectivity index (χ4n) is 2.67. The minimum absolute atomic E-state index is 0.283. The molecule has 0 spiro atoms. The molecule has 0 aliphatic carbocycles. The van der Waals surface area contributed by atoms with Crippen LogP contribution in [0.25, 0.3) is 10.6 Å². The molecule has 1 aliphatic heterocycles. The molecule has 0 fully saturated rings. The molecule has 1 aliphatic rings. The van der Waals surface area contributed by atoms with E-state index in [4.69, 9.17) is 11.6 Å². The smallest absolute Gasteiger partial charge is 0.299 e. The number of rotatable bonds is 3. The second kappa shape index (κ2) is 5.85. The van der Waals surface area contributed by atoms with Gasteiger partial charge >= 0.3 is 0 Å². The molecule has 2 aromatic carbocycles. The summed E-state index contributed by atoms with van der Waals surface area (Å²) in [4.78, 5) is 30.3. The first-order chi connectivity index (χ1) is 11.6. The quantitative estimate of drug-likeness (QED) is 0.662. The molecule has 4 rings (SSSR count). The van der Waals surface area contributed by atoms with E-state index in [1.165, 1.54) is 16.2 Å². The highest BCUT2D eigenvalue weighted by Crippen LogP contribution is 2.31. The van der Waals surface area contributed by atoms with Gasteiger partial charge in [0.25, 0.3) is 11.7 Å². The predicted octanol–water partition coefficient (Wildman–Crippen LogP) is 4.19. The van der Waals surface area contributed by atoms with E-state index in [1.54, 1.807) is 18.2 Å². The van der Waals surface area contributed by atoms with Crippen molar-refractivity contribution in [3.05, 3.63) is 70.2 Å². The fraction of sp³-hybridized carbons (Fsp3) is 0.0556. The number of halogens is 1. The van der Waals surface area contributed by atoms with Gasteiger partial charge in [0.1, 0.15) is 5.01 Å². The summed E-state index contributed by atoms with van der Waals surface area (Å²) in [6.07, 6.45) is 0. The van der Waals surface area contributed by atoms with Gasteiger partial charge < -0.3 is 0 Å². The normalized spacial score (nSPS) is 13.5. The molecule has 0 saturated carbocycles. The molecule has 0 N–H and O–H groups in total. The lowest BCUT2D eigenvalue weighted by molar-refractivity contribution is -0.114. The summed E-state index contributed by atoms with van der Waals surface area (Å²) in [5.74, 6) is -0.962. The van der Waals surface area contributed by atoms with Crippen LogP contribution in [-0.4, -0.2) is 16.7 Å². The maximum atomic E-state index is 12.2. The van der Waals surface area contributed by atoms with Gasteiger partial charge in [-0.3, -0.25) is 14.5 Å². The zero-order valence-electron chi connectivity index (χ0n) is 12.4. The molecule has 4 nitrogen and oxygen atoms in total. The molecule has 3 aromatic rings. The summed E-state index contributed by atoms with van der Waals surface area (Å²) in [5, 5.41) is 3.43. The van der Waals surface area contributed by atoms with Crippen LogP contribution < -0.4 is 4.90 Å². The third kappa shape index (κ3) is 2.52. The van der Waals surface area contributed by atoms with Crippen molar-refractivity contribution in [1.82, 2.24) is 4.98 Å². The molecule has 1 aromatic heterocycles. The van der Waals surface area contributed by atoms with Crippen LogP contribution in [0, 0.1) is 0 Å². The van der Waals surface area contributed by atoms with Crippen molar-refractivity contribution in [2.24, 2.45) is 0 Å². The second-order valence-electron chi connectivity index (χ2n) is 5.39. The molecule has 6 heteroatoms. The van der Waals surface area contributed by atoms with Crippen molar-refractivity contribution in [1.29, 1.82) is 0 Å². The van der Waals surface area contributed by atoms with Crippen molar-refractivity contribution in [2.45, 2.75) is 6.54 Å². The van der Waals surface area contributed by atoms with Crippen LogP contribution in [0.3, 0.4) is 0 Å². The number of ketones is 1. The summed E-state index contributed by atoms with van der Waals surface area (Å²) in [6, 6.07) is 14.5. The highest BCUT2D eigenvalue weighted by molar-refractivity contribution is 7.13. The van der Waals surface area contributed by atoms with Crippen LogP contribution in [0.1, 0.15) is 16.1 Å². The molecule has 0 bridgehead atoms. The number of para-hydroxylation sites is 1. The molecule has 0 saturated heterocycles. The average Bonchev–Trinajstić information content (AvgIpc) is 3.16. The van der Waals surface area contributed by atoms with Crippen LogP contribution in [0.4, 0.5) is 5.69 Å². The first-order valence-electron chi connectivity index (χ1n) is 7.29. The molecule has 1 amide bonds. The Kier molecular flexibility index (Phi) is 3.67. The molecule has 0 radical (unpaired) electrons. The predicted molar refractivity (Wildman–Crippen MR) is 94.5 cm³/mol. The number of carbonyl (C=O) groups is 2. The molecule has 118 valence electrons. The lowest BCUT2D eigenvalue weighted by Crippen LogP contribution is -2.29. The van der Waals surface area contributed by atoms with Gasteiger partial charge in [0, 0.05) is 16.0 Å². The van der Waals surface area contributed by atoms with Gasteiger partial charge in [-0.2, -0.15) is 0 Å². The van der Waals surface area contributed by atoms with Gasteiger partial charge in [-0.15, -0.1) is 11.3 Å². The van der Waals surface area contributed by atoms with Gasteiger partial charge in [-0.05, 0) is 24.3 Å². The van der Waals surface area contributed by atoms with E-state index in [-0.39, 0.29) is 6.54 Å². The number of nitrogens with zero attached hydrogens (tertiary/aromatic N) is 2. The number of hydrogen-bond acceptors (Lipinski definition) is 4. The van der Waals surface area contributed by atoms with Crippen molar-refractivity contribution >= 4 is 40.3 Å². The summed E-state index contributed by atoms with van der Waals surface area (Å²) < 4.78 is 0.